The number of fused-ring (bicyclic) bond motifs is 2. The van der Waals surface area contributed by atoms with Crippen molar-refractivity contribution in [1.29, 1.82) is 0 Å². The summed E-state index contributed by atoms with van der Waals surface area (Å²) in [6.45, 7) is 1.60. The highest BCUT2D eigenvalue weighted by molar-refractivity contribution is 6.15. The molecule has 0 N–H and O–H groups in total. The summed E-state index contributed by atoms with van der Waals surface area (Å²) < 4.78 is 20.2. The Morgan fingerprint density at radius 1 is 0.654 bits per heavy atom. The van der Waals surface area contributed by atoms with Crippen LogP contribution in [0.5, 0.6) is 11.5 Å². The molecule has 130 valence electrons. The lowest BCUT2D eigenvalue weighted by Gasteiger charge is -2.17. The summed E-state index contributed by atoms with van der Waals surface area (Å²) in [7, 11) is 0. The number of ether oxygens (including phenoxy) is 4. The molecule has 0 aliphatic carbocycles. The van der Waals surface area contributed by atoms with E-state index in [1.54, 1.807) is 6.92 Å². The van der Waals surface area contributed by atoms with Crippen LogP contribution < -0.4 is 9.47 Å². The average molecular weight is 354 g/mol. The van der Waals surface area contributed by atoms with Crippen molar-refractivity contribution in [2.45, 2.75) is 13.2 Å². The molecule has 0 amide bonds. The summed E-state index contributed by atoms with van der Waals surface area (Å²) in [5.41, 5.74) is 0.604. The lowest BCUT2D eigenvalue weighted by Crippen LogP contribution is -2.20. The molecule has 0 fully saturated rings. The number of cyclic esters (lactones) is 4. The molecule has 2 aromatic rings. The van der Waals surface area contributed by atoms with Crippen LogP contribution in [-0.4, -0.2) is 30.2 Å². The lowest BCUT2D eigenvalue weighted by molar-refractivity contribution is 0.0219. The quantitative estimate of drug-likeness (QED) is 0.467. The second-order valence-electron chi connectivity index (χ2n) is 5.57. The molecule has 2 heterocycles. The third kappa shape index (κ3) is 2.57. The van der Waals surface area contributed by atoms with Crippen LogP contribution in [0, 0.1) is 0 Å². The van der Waals surface area contributed by atoms with Gasteiger partial charge < -0.3 is 18.9 Å². The zero-order chi connectivity index (χ0) is 18.4. The highest BCUT2D eigenvalue weighted by Gasteiger charge is 2.31. The van der Waals surface area contributed by atoms with E-state index in [0.717, 1.165) is 0 Å². The zero-order valence-corrected chi connectivity index (χ0v) is 13.3. The molecule has 0 saturated carbocycles. The molecule has 0 bridgehead atoms. The number of carbonyl (C=O) groups excluding carboxylic acids is 4. The van der Waals surface area contributed by atoms with Crippen molar-refractivity contribution in [2.24, 2.45) is 0 Å². The summed E-state index contributed by atoms with van der Waals surface area (Å²) in [5, 5.41) is 0. The van der Waals surface area contributed by atoms with Gasteiger partial charge in [-0.1, -0.05) is 0 Å². The molecule has 0 saturated heterocycles. The van der Waals surface area contributed by atoms with Crippen LogP contribution in [-0.2, 0) is 9.47 Å². The predicted molar refractivity (Wildman–Crippen MR) is 83.1 cm³/mol. The smallest absolute Gasteiger partial charge is 0.347 e. The van der Waals surface area contributed by atoms with Gasteiger partial charge in [0.15, 0.2) is 0 Å². The number of rotatable bonds is 4. The van der Waals surface area contributed by atoms with Crippen LogP contribution in [0.15, 0.2) is 36.4 Å². The van der Waals surface area contributed by atoms with E-state index in [0.29, 0.717) is 11.5 Å². The predicted octanol–water partition coefficient (Wildman–Crippen LogP) is 2.11. The monoisotopic (exact) mass is 354 g/mol. The van der Waals surface area contributed by atoms with Crippen molar-refractivity contribution in [1.82, 2.24) is 0 Å². The first-order chi connectivity index (χ1) is 12.4. The van der Waals surface area contributed by atoms with E-state index in [-0.39, 0.29) is 22.3 Å². The fourth-order valence-corrected chi connectivity index (χ4v) is 2.68. The molecule has 2 aliphatic rings. The van der Waals surface area contributed by atoms with E-state index in [9.17, 15) is 19.2 Å². The van der Waals surface area contributed by atoms with E-state index in [1.165, 1.54) is 36.4 Å². The summed E-state index contributed by atoms with van der Waals surface area (Å²) in [6, 6.07) is 8.67. The third-order valence-corrected chi connectivity index (χ3v) is 3.84. The van der Waals surface area contributed by atoms with Crippen molar-refractivity contribution in [3.8, 4) is 11.5 Å². The molecule has 0 spiro atoms. The van der Waals surface area contributed by atoms with E-state index < -0.39 is 30.2 Å². The highest BCUT2D eigenvalue weighted by atomic mass is 16.7. The number of esters is 4. The van der Waals surface area contributed by atoms with E-state index >= 15 is 0 Å². The Labute approximate surface area is 146 Å². The number of hydrogen-bond acceptors (Lipinski definition) is 8. The Morgan fingerprint density at radius 2 is 1.04 bits per heavy atom. The Morgan fingerprint density at radius 3 is 1.46 bits per heavy atom. The number of hydrogen-bond donors (Lipinski definition) is 0. The van der Waals surface area contributed by atoms with E-state index in [2.05, 4.69) is 9.47 Å². The molecular formula is C18H10O8. The summed E-state index contributed by atoms with van der Waals surface area (Å²) in [6.07, 6.45) is -0.785. The Bertz CT molecular complexity index is 911. The average Bonchev–Trinajstić information content (AvgIpc) is 3.03. The maximum absolute atomic E-state index is 11.6. The van der Waals surface area contributed by atoms with Gasteiger partial charge in [-0.2, -0.15) is 0 Å². The third-order valence-electron chi connectivity index (χ3n) is 3.84. The topological polar surface area (TPSA) is 105 Å². The van der Waals surface area contributed by atoms with Crippen LogP contribution >= 0.6 is 0 Å². The Kier molecular flexibility index (Phi) is 3.47. The van der Waals surface area contributed by atoms with Gasteiger partial charge in [0.05, 0.1) is 22.3 Å². The summed E-state index contributed by atoms with van der Waals surface area (Å²) in [5.74, 6) is -2.24. The van der Waals surface area contributed by atoms with Gasteiger partial charge in [0.25, 0.3) is 0 Å². The van der Waals surface area contributed by atoms with Gasteiger partial charge in [-0.15, -0.1) is 0 Å². The van der Waals surface area contributed by atoms with Crippen molar-refractivity contribution in [2.75, 3.05) is 0 Å². The largest absolute Gasteiger partial charge is 0.455 e. The molecule has 4 rings (SSSR count). The first-order valence-corrected chi connectivity index (χ1v) is 7.57. The van der Waals surface area contributed by atoms with Crippen LogP contribution in [0.25, 0.3) is 0 Å². The standard InChI is InChI=1S/C18H10O8/c1-8(23-9-2-4-11-13(6-9)17(21)25-15(11)19)24-10-3-5-12-14(7-10)18(22)26-16(12)20/h2-8H,1H3. The van der Waals surface area contributed by atoms with Crippen molar-refractivity contribution in [3.63, 3.8) is 0 Å². The Hall–Kier alpha value is -3.68. The van der Waals surface area contributed by atoms with Gasteiger partial charge in [0, 0.05) is 6.92 Å². The molecular weight excluding hydrogens is 344 g/mol. The molecule has 26 heavy (non-hydrogen) atoms. The second-order valence-corrected chi connectivity index (χ2v) is 5.57. The van der Waals surface area contributed by atoms with Gasteiger partial charge in [-0.25, -0.2) is 19.2 Å². The van der Waals surface area contributed by atoms with Gasteiger partial charge in [0.2, 0.25) is 6.29 Å². The SMILES string of the molecule is CC(Oc1ccc2c(c1)C(=O)OC2=O)Oc1ccc2c(c1)C(=O)OC2=O. The molecule has 0 aromatic heterocycles. The van der Waals surface area contributed by atoms with E-state index in [4.69, 9.17) is 9.47 Å². The minimum absolute atomic E-state index is 0.124. The molecule has 2 aliphatic heterocycles. The highest BCUT2D eigenvalue weighted by Crippen LogP contribution is 2.27. The van der Waals surface area contributed by atoms with Crippen molar-refractivity contribution in [3.05, 3.63) is 58.7 Å². The molecule has 2 aromatic carbocycles. The molecule has 0 unspecified atom stereocenters. The van der Waals surface area contributed by atoms with E-state index in [1.807, 2.05) is 0 Å². The summed E-state index contributed by atoms with van der Waals surface area (Å²) >= 11 is 0. The second kappa shape index (κ2) is 5.69. The molecule has 0 radical (unpaired) electrons. The first kappa shape index (κ1) is 15.8. The lowest BCUT2D eigenvalue weighted by atomic mass is 10.1. The number of carbonyl (C=O) groups is 4. The molecule has 8 heteroatoms. The van der Waals surface area contributed by atoms with Crippen molar-refractivity contribution >= 4 is 23.9 Å². The van der Waals surface area contributed by atoms with Gasteiger partial charge in [-0.05, 0) is 36.4 Å². The fraction of sp³-hybridized carbons (Fsp3) is 0.111. The zero-order valence-electron chi connectivity index (χ0n) is 13.3. The maximum Gasteiger partial charge on any atom is 0.347 e. The Balaban J connectivity index is 1.49. The normalized spacial score (nSPS) is 14.8. The molecule has 0 atom stereocenters. The minimum atomic E-state index is -0.785. The first-order valence-electron chi connectivity index (χ1n) is 7.57. The van der Waals surface area contributed by atoms with Crippen LogP contribution in [0.4, 0.5) is 0 Å². The van der Waals surface area contributed by atoms with Gasteiger partial charge in [-0.3, -0.25) is 0 Å². The van der Waals surface area contributed by atoms with Crippen LogP contribution in [0.1, 0.15) is 48.4 Å². The van der Waals surface area contributed by atoms with Gasteiger partial charge in [0.1, 0.15) is 11.5 Å². The molecule has 8 nitrogen and oxygen atoms in total. The maximum atomic E-state index is 11.6. The fourth-order valence-electron chi connectivity index (χ4n) is 2.68. The summed E-state index contributed by atoms with van der Waals surface area (Å²) in [4.78, 5) is 46.0. The number of benzene rings is 2. The van der Waals surface area contributed by atoms with Crippen LogP contribution in [0.3, 0.4) is 0 Å². The van der Waals surface area contributed by atoms with Crippen molar-refractivity contribution < 1.29 is 38.1 Å². The van der Waals surface area contributed by atoms with Gasteiger partial charge >= 0.3 is 23.9 Å². The van der Waals surface area contributed by atoms with Crippen LogP contribution in [0.2, 0.25) is 0 Å². The minimum Gasteiger partial charge on any atom is -0.455 e.